The molecular formula is C14H30O. The highest BCUT2D eigenvalue weighted by atomic mass is 16.5. The third-order valence-electron chi connectivity index (χ3n) is 2.70. The average Bonchev–Trinajstić information content (AvgIpc) is 2.08. The molecule has 0 aliphatic rings. The Hall–Kier alpha value is -0.0400. The molecule has 0 aromatic rings. The van der Waals surface area contributed by atoms with Crippen molar-refractivity contribution in [3.63, 3.8) is 0 Å². The predicted molar refractivity (Wildman–Crippen MR) is 68.2 cm³/mol. The Balaban J connectivity index is 3.57. The molecule has 1 heteroatoms. The molecule has 15 heavy (non-hydrogen) atoms. The van der Waals surface area contributed by atoms with E-state index in [1.807, 2.05) is 0 Å². The molecule has 0 saturated heterocycles. The van der Waals surface area contributed by atoms with Crippen molar-refractivity contribution in [1.29, 1.82) is 0 Å². The van der Waals surface area contributed by atoms with Gasteiger partial charge in [-0.2, -0.15) is 0 Å². The lowest BCUT2D eigenvalue weighted by Gasteiger charge is -2.26. The van der Waals surface area contributed by atoms with Gasteiger partial charge in [0.2, 0.25) is 0 Å². The Morgan fingerprint density at radius 2 is 1.47 bits per heavy atom. The van der Waals surface area contributed by atoms with E-state index in [-0.39, 0.29) is 5.60 Å². The summed E-state index contributed by atoms with van der Waals surface area (Å²) >= 11 is 0. The fourth-order valence-electron chi connectivity index (χ4n) is 1.63. The molecule has 0 spiro atoms. The summed E-state index contributed by atoms with van der Waals surface area (Å²) in [6.45, 7) is 14.4. The number of ether oxygens (including phenoxy) is 1. The SMILES string of the molecule is CCCCC(C)(C)OCCCC(C)(C)C. The van der Waals surface area contributed by atoms with Crippen molar-refractivity contribution in [3.05, 3.63) is 0 Å². The lowest BCUT2D eigenvalue weighted by Crippen LogP contribution is -2.25. The van der Waals surface area contributed by atoms with E-state index in [1.165, 1.54) is 32.1 Å². The largest absolute Gasteiger partial charge is 0.376 e. The minimum absolute atomic E-state index is 0.0773. The van der Waals surface area contributed by atoms with E-state index in [4.69, 9.17) is 4.74 Å². The van der Waals surface area contributed by atoms with Crippen LogP contribution in [-0.2, 0) is 4.74 Å². The second kappa shape index (κ2) is 6.52. The van der Waals surface area contributed by atoms with Gasteiger partial charge in [-0.15, -0.1) is 0 Å². The Morgan fingerprint density at radius 1 is 0.867 bits per heavy atom. The van der Waals surface area contributed by atoms with E-state index in [0.29, 0.717) is 5.41 Å². The Morgan fingerprint density at radius 3 is 1.93 bits per heavy atom. The Labute approximate surface area is 96.6 Å². The van der Waals surface area contributed by atoms with E-state index in [2.05, 4.69) is 41.5 Å². The van der Waals surface area contributed by atoms with Gasteiger partial charge in [-0.25, -0.2) is 0 Å². The number of hydrogen-bond acceptors (Lipinski definition) is 1. The van der Waals surface area contributed by atoms with Gasteiger partial charge in [0.1, 0.15) is 0 Å². The first-order chi connectivity index (χ1) is 6.77. The summed E-state index contributed by atoms with van der Waals surface area (Å²) in [6, 6.07) is 0. The average molecular weight is 214 g/mol. The van der Waals surface area contributed by atoms with Crippen LogP contribution in [0.25, 0.3) is 0 Å². The quantitative estimate of drug-likeness (QED) is 0.553. The molecule has 0 fully saturated rings. The van der Waals surface area contributed by atoms with Crippen LogP contribution in [0.1, 0.15) is 73.6 Å². The highest BCUT2D eigenvalue weighted by Gasteiger charge is 2.17. The van der Waals surface area contributed by atoms with E-state index >= 15 is 0 Å². The van der Waals surface area contributed by atoms with E-state index in [9.17, 15) is 0 Å². The van der Waals surface area contributed by atoms with Crippen LogP contribution >= 0.6 is 0 Å². The van der Waals surface area contributed by atoms with E-state index in [0.717, 1.165) is 6.61 Å². The molecule has 92 valence electrons. The molecule has 0 aliphatic heterocycles. The van der Waals surface area contributed by atoms with Crippen molar-refractivity contribution in [2.75, 3.05) is 6.61 Å². The highest BCUT2D eigenvalue weighted by Crippen LogP contribution is 2.22. The number of rotatable bonds is 7. The predicted octanol–water partition coefficient (Wildman–Crippen LogP) is 4.80. The number of unbranched alkanes of at least 4 members (excludes halogenated alkanes) is 1. The molecule has 0 bridgehead atoms. The summed E-state index contributed by atoms with van der Waals surface area (Å²) in [7, 11) is 0. The minimum Gasteiger partial charge on any atom is -0.376 e. The van der Waals surface area contributed by atoms with Gasteiger partial charge in [-0.3, -0.25) is 0 Å². The summed E-state index contributed by atoms with van der Waals surface area (Å²) in [4.78, 5) is 0. The first kappa shape index (κ1) is 15.0. The summed E-state index contributed by atoms with van der Waals surface area (Å²) in [5.74, 6) is 0. The standard InChI is InChI=1S/C14H30O/c1-7-8-11-14(5,6)15-12-9-10-13(2,3)4/h7-12H2,1-6H3. The van der Waals surface area contributed by atoms with Crippen LogP contribution in [0.3, 0.4) is 0 Å². The molecule has 0 radical (unpaired) electrons. The molecule has 0 heterocycles. The molecule has 0 unspecified atom stereocenters. The molecule has 0 amide bonds. The second-order valence-electron chi connectivity index (χ2n) is 6.38. The first-order valence-corrected chi connectivity index (χ1v) is 6.41. The van der Waals surface area contributed by atoms with Crippen molar-refractivity contribution < 1.29 is 4.74 Å². The van der Waals surface area contributed by atoms with Crippen LogP contribution in [0.15, 0.2) is 0 Å². The lowest BCUT2D eigenvalue weighted by molar-refractivity contribution is -0.0284. The molecule has 0 saturated carbocycles. The maximum atomic E-state index is 5.93. The van der Waals surface area contributed by atoms with Crippen LogP contribution < -0.4 is 0 Å². The van der Waals surface area contributed by atoms with Gasteiger partial charge in [0, 0.05) is 6.61 Å². The fraction of sp³-hybridized carbons (Fsp3) is 1.00. The Bertz CT molecular complexity index is 153. The van der Waals surface area contributed by atoms with Gasteiger partial charge in [-0.1, -0.05) is 40.5 Å². The second-order valence-corrected chi connectivity index (χ2v) is 6.38. The monoisotopic (exact) mass is 214 g/mol. The van der Waals surface area contributed by atoms with E-state index < -0.39 is 0 Å². The highest BCUT2D eigenvalue weighted by molar-refractivity contribution is 4.68. The van der Waals surface area contributed by atoms with Crippen LogP contribution in [0, 0.1) is 5.41 Å². The van der Waals surface area contributed by atoms with Gasteiger partial charge in [0.25, 0.3) is 0 Å². The van der Waals surface area contributed by atoms with Crippen molar-refractivity contribution in [1.82, 2.24) is 0 Å². The zero-order valence-corrected chi connectivity index (χ0v) is 11.7. The van der Waals surface area contributed by atoms with Crippen LogP contribution in [0.4, 0.5) is 0 Å². The van der Waals surface area contributed by atoms with Crippen molar-refractivity contribution in [2.24, 2.45) is 5.41 Å². The third-order valence-corrected chi connectivity index (χ3v) is 2.70. The van der Waals surface area contributed by atoms with Gasteiger partial charge in [-0.05, 0) is 38.5 Å². The molecule has 0 aromatic carbocycles. The maximum absolute atomic E-state index is 5.93. The molecule has 0 N–H and O–H groups in total. The van der Waals surface area contributed by atoms with Crippen molar-refractivity contribution >= 4 is 0 Å². The first-order valence-electron chi connectivity index (χ1n) is 6.41. The smallest absolute Gasteiger partial charge is 0.0626 e. The van der Waals surface area contributed by atoms with E-state index in [1.54, 1.807) is 0 Å². The Kier molecular flexibility index (Phi) is 6.51. The van der Waals surface area contributed by atoms with Crippen LogP contribution in [0.2, 0.25) is 0 Å². The summed E-state index contributed by atoms with van der Waals surface area (Å²) in [6.07, 6.45) is 6.13. The molecule has 0 atom stereocenters. The van der Waals surface area contributed by atoms with Gasteiger partial charge >= 0.3 is 0 Å². The fourth-order valence-corrected chi connectivity index (χ4v) is 1.63. The lowest BCUT2D eigenvalue weighted by atomic mass is 9.91. The molecular weight excluding hydrogens is 184 g/mol. The topological polar surface area (TPSA) is 9.23 Å². The zero-order chi connectivity index (χ0) is 11.9. The van der Waals surface area contributed by atoms with Crippen LogP contribution in [-0.4, -0.2) is 12.2 Å². The van der Waals surface area contributed by atoms with Gasteiger partial charge in [0.15, 0.2) is 0 Å². The van der Waals surface area contributed by atoms with Gasteiger partial charge < -0.3 is 4.74 Å². The van der Waals surface area contributed by atoms with Gasteiger partial charge in [0.05, 0.1) is 5.60 Å². The summed E-state index contributed by atoms with van der Waals surface area (Å²) in [5, 5.41) is 0. The molecule has 0 aromatic heterocycles. The normalized spacial score (nSPS) is 13.2. The molecule has 0 rings (SSSR count). The van der Waals surface area contributed by atoms with Crippen molar-refractivity contribution in [2.45, 2.75) is 79.2 Å². The van der Waals surface area contributed by atoms with Crippen LogP contribution in [0.5, 0.6) is 0 Å². The number of hydrogen-bond donors (Lipinski definition) is 0. The summed E-state index contributed by atoms with van der Waals surface area (Å²) in [5.41, 5.74) is 0.519. The third kappa shape index (κ3) is 10.2. The van der Waals surface area contributed by atoms with Crippen molar-refractivity contribution in [3.8, 4) is 0 Å². The molecule has 1 nitrogen and oxygen atoms in total. The maximum Gasteiger partial charge on any atom is 0.0626 e. The summed E-state index contributed by atoms with van der Waals surface area (Å²) < 4.78 is 5.93. The molecule has 0 aliphatic carbocycles. The zero-order valence-electron chi connectivity index (χ0n) is 11.7. The minimum atomic E-state index is 0.0773.